The molecule has 1 atom stereocenters. The Bertz CT molecular complexity index is 879. The largest absolute Gasteiger partial charge is 0.865 e. The molecule has 0 aliphatic heterocycles. The van der Waals surface area contributed by atoms with E-state index in [-0.39, 0.29) is 12.8 Å². The van der Waals surface area contributed by atoms with E-state index in [0.717, 1.165) is 96.7 Å². The lowest BCUT2D eigenvalue weighted by Gasteiger charge is -2.82. The van der Waals surface area contributed by atoms with Crippen LogP contribution in [0, 0.1) is 0 Å². The predicted octanol–water partition coefficient (Wildman–Crippen LogP) is -5.16. The molecular formula is C54H135N8O9P. The summed E-state index contributed by atoms with van der Waals surface area (Å²) >= 11 is 0. The van der Waals surface area contributed by atoms with Crippen molar-refractivity contribution in [2.75, 3.05) is 0 Å². The van der Waals surface area contributed by atoms with Gasteiger partial charge in [-0.25, -0.2) is 5.79 Å². The van der Waals surface area contributed by atoms with E-state index >= 15 is 0 Å². The molecule has 1 rings (SSSR count). The Balaban J connectivity index is -0.0000000881. The van der Waals surface area contributed by atoms with Crippen LogP contribution >= 0.6 is 7.82 Å². The van der Waals surface area contributed by atoms with Gasteiger partial charge in [-0.2, -0.15) is 13.9 Å². The fourth-order valence-electron chi connectivity index (χ4n) is 7.29. The fraction of sp³-hybridized carbons (Fsp3) is 1.00. The van der Waals surface area contributed by atoms with E-state index in [1.54, 1.807) is 0 Å². The Labute approximate surface area is 448 Å². The van der Waals surface area contributed by atoms with Crippen molar-refractivity contribution in [3.05, 3.63) is 0 Å². The van der Waals surface area contributed by atoms with Crippen molar-refractivity contribution < 1.29 is 87.3 Å². The molecule has 72 heavy (non-hydrogen) atoms. The van der Waals surface area contributed by atoms with E-state index in [9.17, 15) is 25.5 Å². The molecule has 1 aliphatic rings. The molecule has 17 nitrogen and oxygen atoms in total. The van der Waals surface area contributed by atoms with Crippen molar-refractivity contribution in [1.82, 2.24) is 0 Å². The third-order valence-electron chi connectivity index (χ3n) is 8.09. The maximum Gasteiger partial charge on any atom is 0.0803 e. The molecule has 0 radical (unpaired) electrons. The summed E-state index contributed by atoms with van der Waals surface area (Å²) in [5, 5.41) is 71.7. The van der Waals surface area contributed by atoms with Gasteiger partial charge >= 0.3 is 0 Å². The fourth-order valence-corrected chi connectivity index (χ4v) is 7.29. The minimum atomic E-state index is -5.39. The standard InChI is InChI=1S/8C6H15N.C6H7O5.H3O4P/c8*1-5(2)7-6(3)4;7-4-2-1-3-5(8,9)6(4,10)11;1-5(2,3)4/h8*5-7H,1-4H3;4H,1-3H2;(H3,1,2,3,4)/q;;;;;;;;-5;/p+5. The van der Waals surface area contributed by atoms with Gasteiger partial charge in [0.05, 0.1) is 96.7 Å². The molecule has 0 aromatic heterocycles. The molecule has 0 aromatic rings. The molecule has 0 heterocycles. The van der Waals surface area contributed by atoms with Crippen LogP contribution in [0.25, 0.3) is 0 Å². The predicted molar refractivity (Wildman–Crippen MR) is 288 cm³/mol. The number of rotatable bonds is 16. The molecule has 0 saturated heterocycles. The first kappa shape index (κ1) is 91.1. The zero-order valence-corrected chi connectivity index (χ0v) is 54.6. The number of hydrogen-bond donors (Lipinski definition) is 8. The number of phosphoric acid groups is 1. The first-order chi connectivity index (χ1) is 31.9. The van der Waals surface area contributed by atoms with Crippen molar-refractivity contribution in [2.24, 2.45) is 0 Å². The normalized spacial score (nSPS) is 14.9. The summed E-state index contributed by atoms with van der Waals surface area (Å²) in [5.41, 5.74) is 0. The van der Waals surface area contributed by atoms with Crippen LogP contribution in [0.1, 0.15) is 241 Å². The van der Waals surface area contributed by atoms with E-state index in [1.165, 1.54) is 0 Å². The van der Waals surface area contributed by atoms with Gasteiger partial charge in [-0.3, -0.25) is 5.79 Å². The van der Waals surface area contributed by atoms with E-state index in [4.69, 9.17) is 19.2 Å². The number of hydrogen-bond acceptors (Lipinski definition) is 9. The van der Waals surface area contributed by atoms with Crippen LogP contribution in [-0.2, 0) is 4.57 Å². The summed E-state index contributed by atoms with van der Waals surface area (Å²) in [6, 6.07) is 12.0. The van der Waals surface area contributed by atoms with Crippen molar-refractivity contribution in [3.63, 3.8) is 0 Å². The van der Waals surface area contributed by atoms with E-state index in [0.29, 0.717) is 0 Å². The van der Waals surface area contributed by atoms with Crippen molar-refractivity contribution in [2.45, 2.75) is 355 Å². The smallest absolute Gasteiger partial charge is 0.0803 e. The Hall–Kier alpha value is -0.410. The summed E-state index contributed by atoms with van der Waals surface area (Å²) in [5.74, 6) is -7.01. The van der Waals surface area contributed by atoms with Crippen LogP contribution < -0.4 is 82.7 Å². The van der Waals surface area contributed by atoms with Gasteiger partial charge in [0, 0.05) is 0 Å². The van der Waals surface area contributed by atoms with Gasteiger partial charge in [-0.05, 0) is 222 Å². The Kier molecular flexibility index (Phi) is 68.3. The maximum atomic E-state index is 10.6. The van der Waals surface area contributed by atoms with E-state index in [2.05, 4.69) is 264 Å². The van der Waals surface area contributed by atoms with Gasteiger partial charge in [0.1, 0.15) is 0 Å². The van der Waals surface area contributed by atoms with Crippen LogP contribution in [0.3, 0.4) is 0 Å². The highest BCUT2D eigenvalue weighted by Crippen LogP contribution is 2.23. The Morgan fingerprint density at radius 2 is 0.431 bits per heavy atom. The lowest BCUT2D eigenvalue weighted by atomic mass is 9.86. The summed E-state index contributed by atoms with van der Waals surface area (Å²) < 4.78 is 8.55. The molecule has 1 fully saturated rings. The minimum Gasteiger partial charge on any atom is -0.865 e. The van der Waals surface area contributed by atoms with Crippen molar-refractivity contribution >= 4 is 7.82 Å². The van der Waals surface area contributed by atoms with E-state index < -0.39 is 31.9 Å². The topological polar surface area (TPSA) is 334 Å². The first-order valence-electron chi connectivity index (χ1n) is 27.9. The van der Waals surface area contributed by atoms with Gasteiger partial charge in [-0.1, -0.05) is 19.3 Å². The zero-order valence-electron chi connectivity index (χ0n) is 53.7. The van der Waals surface area contributed by atoms with Gasteiger partial charge < -0.3 is 87.3 Å². The van der Waals surface area contributed by atoms with Gasteiger partial charge in [-0.15, -0.1) is 0 Å². The average Bonchev–Trinajstić information content (AvgIpc) is 3.04. The van der Waals surface area contributed by atoms with Crippen LogP contribution in [0.2, 0.25) is 0 Å². The summed E-state index contributed by atoms with van der Waals surface area (Å²) in [7, 11) is -5.39. The first-order valence-corrected chi connectivity index (χ1v) is 29.4. The highest BCUT2D eigenvalue weighted by molar-refractivity contribution is 7.40. The maximum absolute atomic E-state index is 10.6. The molecule has 1 unspecified atom stereocenters. The molecule has 16 N–H and O–H groups in total. The van der Waals surface area contributed by atoms with Crippen molar-refractivity contribution in [3.8, 4) is 0 Å². The second-order valence-corrected chi connectivity index (χ2v) is 25.6. The molecule has 18 heteroatoms. The number of nitrogens with two attached hydrogens (primary N) is 8. The van der Waals surface area contributed by atoms with Gasteiger partial charge in [0.15, 0.2) is 0 Å². The molecule has 1 saturated carbocycles. The summed E-state index contributed by atoms with van der Waals surface area (Å²) in [4.78, 5) is 25.6. The van der Waals surface area contributed by atoms with Crippen LogP contribution in [0.15, 0.2) is 0 Å². The van der Waals surface area contributed by atoms with Gasteiger partial charge in [0.25, 0.3) is 0 Å². The quantitative estimate of drug-likeness (QED) is 0.0541. The summed E-state index contributed by atoms with van der Waals surface area (Å²) in [6.45, 7) is 70.7. The summed E-state index contributed by atoms with van der Waals surface area (Å²) in [6.07, 6.45) is -2.68. The molecule has 450 valence electrons. The van der Waals surface area contributed by atoms with E-state index in [1.807, 2.05) is 0 Å². The highest BCUT2D eigenvalue weighted by atomic mass is 31.2. The second-order valence-electron chi connectivity index (χ2n) is 24.7. The molecule has 0 bridgehead atoms. The highest BCUT2D eigenvalue weighted by Gasteiger charge is 2.18. The third-order valence-corrected chi connectivity index (χ3v) is 8.09. The second kappa shape index (κ2) is 54.0. The Morgan fingerprint density at radius 3 is 0.486 bits per heavy atom. The van der Waals surface area contributed by atoms with Crippen molar-refractivity contribution in [1.29, 1.82) is 0 Å². The minimum absolute atomic E-state index is 0.0907. The SMILES string of the molecule is CC(C)[NH2+]C(C)C.CC(C)[NH2+]C(C)C.CC(C)[NH2+]C(C)C.CC(C)[NH2+]C(C)C.CC(C)[NH2+]C(C)C.CC(C)[NH2+]C(C)C.CC(C)[NH2+]C(C)C.CC(C)[NH2+]C(C)C.O=P([O-])([O-])[O-].[O-]C1CCCC([O-])([O-])C1([O-])[O-]. The number of quaternary nitrogens is 8. The van der Waals surface area contributed by atoms with Crippen LogP contribution in [0.5, 0.6) is 0 Å². The Morgan fingerprint density at radius 1 is 0.319 bits per heavy atom. The molecule has 0 spiro atoms. The monoisotopic (exact) mass is 1070 g/mol. The molecule has 0 aromatic carbocycles. The lowest BCUT2D eigenvalue weighted by molar-refractivity contribution is -0.899. The van der Waals surface area contributed by atoms with Crippen LogP contribution in [-0.4, -0.2) is 114 Å². The zero-order chi connectivity index (χ0) is 60.1. The average molecular weight is 1070 g/mol. The van der Waals surface area contributed by atoms with Crippen LogP contribution in [0.4, 0.5) is 0 Å². The lowest BCUT2D eigenvalue weighted by Crippen LogP contribution is -2.92. The van der Waals surface area contributed by atoms with Gasteiger partial charge in [0.2, 0.25) is 0 Å². The molecule has 0 amide bonds. The third kappa shape index (κ3) is 114. The molecule has 1 aliphatic carbocycles. The molecular weight excluding hydrogens is 936 g/mol.